The van der Waals surface area contributed by atoms with E-state index in [4.69, 9.17) is 14.2 Å². The second-order valence-corrected chi connectivity index (χ2v) is 13.7. The Morgan fingerprint density at radius 2 is 1.70 bits per heavy atom. The molecular weight excluding hydrogens is 412 g/mol. The van der Waals surface area contributed by atoms with E-state index in [2.05, 4.69) is 27.7 Å². The van der Waals surface area contributed by atoms with Gasteiger partial charge in [0.2, 0.25) is 0 Å². The van der Waals surface area contributed by atoms with Gasteiger partial charge in [-0.05, 0) is 104 Å². The van der Waals surface area contributed by atoms with E-state index in [-0.39, 0.29) is 17.9 Å². The summed E-state index contributed by atoms with van der Waals surface area (Å²) in [5, 5.41) is 0. The van der Waals surface area contributed by atoms with E-state index in [0.29, 0.717) is 34.7 Å². The van der Waals surface area contributed by atoms with Gasteiger partial charge in [0.25, 0.3) is 0 Å². The van der Waals surface area contributed by atoms with Gasteiger partial charge in [-0.15, -0.1) is 0 Å². The van der Waals surface area contributed by atoms with Crippen LogP contribution in [0.4, 0.5) is 0 Å². The minimum atomic E-state index is -0.300. The van der Waals surface area contributed by atoms with Gasteiger partial charge < -0.3 is 14.2 Å². The van der Waals surface area contributed by atoms with Gasteiger partial charge in [-0.1, -0.05) is 27.7 Å². The zero-order chi connectivity index (χ0) is 23.2. The lowest BCUT2D eigenvalue weighted by Crippen LogP contribution is -2.55. The third kappa shape index (κ3) is 3.25. The summed E-state index contributed by atoms with van der Waals surface area (Å²) in [6.45, 7) is 12.4. The van der Waals surface area contributed by atoms with Crippen molar-refractivity contribution in [3.8, 4) is 0 Å². The Balaban J connectivity index is 1.21. The van der Waals surface area contributed by atoms with Gasteiger partial charge in [-0.2, -0.15) is 0 Å². The molecule has 0 N–H and O–H groups in total. The van der Waals surface area contributed by atoms with Gasteiger partial charge in [-0.3, -0.25) is 4.79 Å². The van der Waals surface area contributed by atoms with Crippen LogP contribution in [0.2, 0.25) is 0 Å². The van der Waals surface area contributed by atoms with Gasteiger partial charge in [0, 0.05) is 19.3 Å². The molecule has 6 aliphatic rings. The van der Waals surface area contributed by atoms with Crippen LogP contribution >= 0.6 is 0 Å². The zero-order valence-electron chi connectivity index (χ0n) is 21.6. The Bertz CT molecular complexity index is 786. The number of ether oxygens (including phenoxy) is 3. The van der Waals surface area contributed by atoms with Crippen LogP contribution in [0, 0.1) is 52.3 Å². The summed E-state index contributed by atoms with van der Waals surface area (Å²) in [6, 6.07) is 0. The first-order chi connectivity index (χ1) is 15.7. The molecule has 4 nitrogen and oxygen atoms in total. The molecule has 0 aromatic rings. The average Bonchev–Trinajstić information content (AvgIpc) is 3.21. The molecule has 2 heterocycles. The van der Waals surface area contributed by atoms with E-state index in [1.165, 1.54) is 44.9 Å². The topological polar surface area (TPSA) is 44.8 Å². The summed E-state index contributed by atoms with van der Waals surface area (Å²) >= 11 is 0. The van der Waals surface area contributed by atoms with Crippen LogP contribution in [0.3, 0.4) is 0 Å². The lowest BCUT2D eigenvalue weighted by molar-refractivity contribution is -0.273. The Morgan fingerprint density at radius 1 is 0.909 bits per heavy atom. The van der Waals surface area contributed by atoms with Crippen molar-refractivity contribution in [3.63, 3.8) is 0 Å². The monoisotopic (exact) mass is 458 g/mol. The maximum atomic E-state index is 11.5. The van der Waals surface area contributed by atoms with Crippen molar-refractivity contribution in [1.82, 2.24) is 0 Å². The summed E-state index contributed by atoms with van der Waals surface area (Å²) in [5.41, 5.74) is 0.828. The summed E-state index contributed by atoms with van der Waals surface area (Å²) in [5.74, 6) is 4.63. The third-order valence-electron chi connectivity index (χ3n) is 12.2. The van der Waals surface area contributed by atoms with E-state index in [0.717, 1.165) is 49.5 Å². The Morgan fingerprint density at radius 3 is 2.42 bits per heavy atom. The van der Waals surface area contributed by atoms with Crippen molar-refractivity contribution in [3.05, 3.63) is 0 Å². The molecule has 0 aromatic heterocycles. The van der Waals surface area contributed by atoms with Gasteiger partial charge in [0.15, 0.2) is 5.79 Å². The van der Waals surface area contributed by atoms with Gasteiger partial charge in [0.1, 0.15) is 6.10 Å². The van der Waals surface area contributed by atoms with Crippen LogP contribution in [0.15, 0.2) is 0 Å². The standard InChI is InChI=1S/C29H46O4/c1-17-8-13-29(31-16-17)18(2)26-25(33-29)15-24-22-7-6-20-14-21(32-19(3)30)9-11-27(20,4)23(22)10-12-28(24,26)5/h17-18,20-26H,6-16H2,1-5H3/t17-,18-,20+,21+,22+,23-,24-,25-,26-,27-,28-,29+/m0/s1. The van der Waals surface area contributed by atoms with Crippen molar-refractivity contribution >= 4 is 5.97 Å². The highest BCUT2D eigenvalue weighted by Gasteiger charge is 2.69. The molecule has 12 atom stereocenters. The molecule has 2 aliphatic heterocycles. The maximum Gasteiger partial charge on any atom is 0.302 e. The minimum Gasteiger partial charge on any atom is -0.463 e. The van der Waals surface area contributed by atoms with E-state index in [9.17, 15) is 4.79 Å². The van der Waals surface area contributed by atoms with Crippen molar-refractivity contribution in [2.24, 2.45) is 52.3 Å². The molecule has 0 radical (unpaired) electrons. The van der Waals surface area contributed by atoms with E-state index < -0.39 is 0 Å². The highest BCUT2D eigenvalue weighted by Crippen LogP contribution is 2.71. The lowest BCUT2D eigenvalue weighted by Gasteiger charge is -2.61. The summed E-state index contributed by atoms with van der Waals surface area (Å²) < 4.78 is 19.1. The van der Waals surface area contributed by atoms with Crippen LogP contribution in [0.1, 0.15) is 98.8 Å². The first-order valence-electron chi connectivity index (χ1n) is 14.2. The highest BCUT2D eigenvalue weighted by atomic mass is 16.7. The normalized spacial score (nSPS) is 57.7. The number of carbonyl (C=O) groups excluding carboxylic acids is 1. The van der Waals surface area contributed by atoms with E-state index in [1.807, 2.05) is 0 Å². The van der Waals surface area contributed by atoms with Crippen molar-refractivity contribution < 1.29 is 19.0 Å². The third-order valence-corrected chi connectivity index (χ3v) is 12.2. The van der Waals surface area contributed by atoms with Crippen molar-refractivity contribution in [2.45, 2.75) is 117 Å². The van der Waals surface area contributed by atoms with Crippen LogP contribution in [0.25, 0.3) is 0 Å². The molecule has 6 fully saturated rings. The fourth-order valence-electron chi connectivity index (χ4n) is 10.6. The molecular formula is C29H46O4. The molecule has 0 unspecified atom stereocenters. The Kier molecular flexibility index (Phi) is 5.32. The number of hydrogen-bond acceptors (Lipinski definition) is 4. The fourth-order valence-corrected chi connectivity index (χ4v) is 10.6. The van der Waals surface area contributed by atoms with Gasteiger partial charge in [-0.25, -0.2) is 0 Å². The SMILES string of the molecule is CC(=O)O[C@@H]1CC[C@@]2(C)[C@H](CC[C@@H]3[C@@H]2CC[C@]2(C)[C@@H]4[C@H](C[C@@H]32)O[C@]2(CC[C@H](C)CO2)[C@H]4C)C1. The molecule has 1 spiro atoms. The molecule has 0 amide bonds. The number of carbonyl (C=O) groups is 1. The molecule has 4 aliphatic carbocycles. The fraction of sp³-hybridized carbons (Fsp3) is 0.966. The van der Waals surface area contributed by atoms with Gasteiger partial charge >= 0.3 is 5.97 Å². The Hall–Kier alpha value is -0.610. The molecule has 0 bridgehead atoms. The van der Waals surface area contributed by atoms with Crippen LogP contribution in [-0.2, 0) is 19.0 Å². The van der Waals surface area contributed by atoms with Crippen molar-refractivity contribution in [2.75, 3.05) is 6.61 Å². The minimum absolute atomic E-state index is 0.105. The highest BCUT2D eigenvalue weighted by molar-refractivity contribution is 5.66. The number of hydrogen-bond donors (Lipinski definition) is 0. The first-order valence-corrected chi connectivity index (χ1v) is 14.2. The first kappa shape index (κ1) is 22.8. The van der Waals surface area contributed by atoms with E-state index >= 15 is 0 Å². The molecule has 2 saturated heterocycles. The lowest BCUT2D eigenvalue weighted by atomic mass is 9.44. The summed E-state index contributed by atoms with van der Waals surface area (Å²) in [7, 11) is 0. The molecule has 4 saturated carbocycles. The summed E-state index contributed by atoms with van der Waals surface area (Å²) in [4.78, 5) is 11.5. The predicted octanol–water partition coefficient (Wildman–Crippen LogP) is 6.36. The molecule has 33 heavy (non-hydrogen) atoms. The van der Waals surface area contributed by atoms with Crippen molar-refractivity contribution in [1.29, 1.82) is 0 Å². The number of rotatable bonds is 1. The van der Waals surface area contributed by atoms with Crippen LogP contribution in [0.5, 0.6) is 0 Å². The van der Waals surface area contributed by atoms with Crippen LogP contribution < -0.4 is 0 Å². The predicted molar refractivity (Wildman–Crippen MR) is 127 cm³/mol. The second kappa shape index (κ2) is 7.69. The largest absolute Gasteiger partial charge is 0.463 e. The average molecular weight is 459 g/mol. The second-order valence-electron chi connectivity index (χ2n) is 13.7. The molecule has 0 aromatic carbocycles. The molecule has 6 rings (SSSR count). The smallest absolute Gasteiger partial charge is 0.302 e. The van der Waals surface area contributed by atoms with E-state index in [1.54, 1.807) is 6.92 Å². The number of esters is 1. The van der Waals surface area contributed by atoms with Crippen LogP contribution in [-0.4, -0.2) is 30.6 Å². The summed E-state index contributed by atoms with van der Waals surface area (Å²) in [6.07, 6.45) is 12.9. The quantitative estimate of drug-likeness (QED) is 0.429. The van der Waals surface area contributed by atoms with Gasteiger partial charge in [0.05, 0.1) is 12.7 Å². The molecule has 4 heteroatoms. The Labute approximate surface area is 200 Å². The molecule has 186 valence electrons. The maximum absolute atomic E-state index is 11.5. The zero-order valence-corrected chi connectivity index (χ0v) is 21.6. The number of fused-ring (bicyclic) bond motifs is 7.